The Morgan fingerprint density at radius 2 is 2.36 bits per heavy atom. The second-order valence-corrected chi connectivity index (χ2v) is 3.38. The van der Waals surface area contributed by atoms with Crippen molar-refractivity contribution in [3.63, 3.8) is 0 Å². The molecule has 1 aliphatic heterocycles. The Balaban J connectivity index is 2.52. The van der Waals surface area contributed by atoms with Crippen molar-refractivity contribution in [1.29, 1.82) is 0 Å². The first-order chi connectivity index (χ1) is 5.27. The minimum Gasteiger partial charge on any atom is -0.306 e. The van der Waals surface area contributed by atoms with Gasteiger partial charge in [-0.25, -0.2) is 0 Å². The van der Waals surface area contributed by atoms with Gasteiger partial charge in [0.15, 0.2) is 0 Å². The lowest BCUT2D eigenvalue weighted by Crippen LogP contribution is -2.06. The Kier molecular flexibility index (Phi) is 1.63. The summed E-state index contributed by atoms with van der Waals surface area (Å²) >= 11 is 5.86. The van der Waals surface area contributed by atoms with E-state index in [0.29, 0.717) is 6.04 Å². The first kappa shape index (κ1) is 7.14. The molecule has 1 nitrogen and oxygen atoms in total. The molecule has 58 valence electrons. The third-order valence-corrected chi connectivity index (χ3v) is 2.41. The Morgan fingerprint density at radius 3 is 3.18 bits per heavy atom. The zero-order valence-corrected chi connectivity index (χ0v) is 7.15. The van der Waals surface area contributed by atoms with E-state index in [-0.39, 0.29) is 0 Å². The first-order valence-corrected chi connectivity index (χ1v) is 4.17. The van der Waals surface area contributed by atoms with E-state index >= 15 is 0 Å². The summed E-state index contributed by atoms with van der Waals surface area (Å²) in [6, 6.07) is 6.54. The van der Waals surface area contributed by atoms with Crippen molar-refractivity contribution in [2.24, 2.45) is 0 Å². The van der Waals surface area contributed by atoms with Crippen LogP contribution in [0.25, 0.3) is 0 Å². The molecule has 1 atom stereocenters. The molecule has 0 aliphatic carbocycles. The van der Waals surface area contributed by atoms with Crippen molar-refractivity contribution in [1.82, 2.24) is 5.32 Å². The van der Waals surface area contributed by atoms with Gasteiger partial charge in [-0.1, -0.05) is 17.7 Å². The quantitative estimate of drug-likeness (QED) is 0.626. The van der Waals surface area contributed by atoms with E-state index in [9.17, 15) is 0 Å². The summed E-state index contributed by atoms with van der Waals surface area (Å²) in [5, 5.41) is 4.19. The van der Waals surface area contributed by atoms with Gasteiger partial charge in [0.05, 0.1) is 0 Å². The maximum absolute atomic E-state index is 5.86. The predicted octanol–water partition coefficient (Wildman–Crippen LogP) is 2.50. The van der Waals surface area contributed by atoms with Crippen molar-refractivity contribution >= 4 is 11.6 Å². The van der Waals surface area contributed by atoms with Crippen LogP contribution in [0.15, 0.2) is 18.2 Å². The molecule has 1 aromatic rings. The fourth-order valence-electron chi connectivity index (χ4n) is 1.50. The summed E-state index contributed by atoms with van der Waals surface area (Å²) in [4.78, 5) is 0. The van der Waals surface area contributed by atoms with E-state index in [0.717, 1.165) is 11.6 Å². The smallest absolute Gasteiger partial charge is 0.0409 e. The fraction of sp³-hybridized carbons (Fsp3) is 0.333. The van der Waals surface area contributed by atoms with Crippen molar-refractivity contribution in [3.05, 3.63) is 34.3 Å². The van der Waals surface area contributed by atoms with Gasteiger partial charge < -0.3 is 5.32 Å². The molecule has 0 aromatic heterocycles. The molecule has 0 saturated carbocycles. The molecule has 0 fully saturated rings. The van der Waals surface area contributed by atoms with Crippen LogP contribution < -0.4 is 5.32 Å². The third kappa shape index (κ3) is 1.15. The number of benzene rings is 1. The number of rotatable bonds is 0. The molecular formula is C9H10ClN. The van der Waals surface area contributed by atoms with E-state index < -0.39 is 0 Å². The molecule has 2 rings (SSSR count). The van der Waals surface area contributed by atoms with Crippen LogP contribution in [0.3, 0.4) is 0 Å². The second kappa shape index (κ2) is 2.50. The highest BCUT2D eigenvalue weighted by Crippen LogP contribution is 2.27. The average molecular weight is 168 g/mol. The molecule has 0 bridgehead atoms. The highest BCUT2D eigenvalue weighted by atomic mass is 35.5. The van der Waals surface area contributed by atoms with E-state index in [2.05, 4.69) is 18.3 Å². The van der Waals surface area contributed by atoms with Crippen LogP contribution >= 0.6 is 11.6 Å². The van der Waals surface area contributed by atoms with Crippen LogP contribution in [0, 0.1) is 0 Å². The predicted molar refractivity (Wildman–Crippen MR) is 46.7 cm³/mol. The number of fused-ring (bicyclic) bond motifs is 1. The monoisotopic (exact) mass is 167 g/mol. The lowest BCUT2D eigenvalue weighted by atomic mass is 10.1. The first-order valence-electron chi connectivity index (χ1n) is 3.79. The average Bonchev–Trinajstić information content (AvgIpc) is 2.33. The van der Waals surface area contributed by atoms with Crippen LogP contribution in [0.5, 0.6) is 0 Å². The van der Waals surface area contributed by atoms with Crippen LogP contribution in [0.1, 0.15) is 24.1 Å². The molecule has 1 N–H and O–H groups in total. The van der Waals surface area contributed by atoms with Gasteiger partial charge >= 0.3 is 0 Å². The zero-order valence-electron chi connectivity index (χ0n) is 6.39. The normalized spacial score (nSPS) is 21.8. The van der Waals surface area contributed by atoms with Crippen molar-refractivity contribution in [3.8, 4) is 0 Å². The summed E-state index contributed by atoms with van der Waals surface area (Å²) in [5.74, 6) is 0. The molecule has 0 spiro atoms. The van der Waals surface area contributed by atoms with Gasteiger partial charge in [0.25, 0.3) is 0 Å². The molecule has 11 heavy (non-hydrogen) atoms. The van der Waals surface area contributed by atoms with E-state index in [1.807, 2.05) is 12.1 Å². The van der Waals surface area contributed by atoms with Gasteiger partial charge in [-0.3, -0.25) is 0 Å². The second-order valence-electron chi connectivity index (χ2n) is 2.95. The number of hydrogen-bond acceptors (Lipinski definition) is 1. The molecule has 1 aliphatic rings. The zero-order chi connectivity index (χ0) is 7.84. The molecule has 2 heteroatoms. The number of hydrogen-bond donors (Lipinski definition) is 1. The minimum absolute atomic E-state index is 0.462. The summed E-state index contributed by atoms with van der Waals surface area (Å²) in [7, 11) is 0. The summed E-state index contributed by atoms with van der Waals surface area (Å²) in [6.45, 7) is 3.13. The minimum atomic E-state index is 0.462. The summed E-state index contributed by atoms with van der Waals surface area (Å²) in [6.07, 6.45) is 0. The lowest BCUT2D eigenvalue weighted by Gasteiger charge is -2.03. The largest absolute Gasteiger partial charge is 0.306 e. The standard InChI is InChI=1S/C9H10ClN/c1-6-9-4-8(10)3-2-7(9)5-11-6/h2-4,6,11H,5H2,1H3. The van der Waals surface area contributed by atoms with Crippen LogP contribution in [-0.2, 0) is 6.54 Å². The molecule has 1 heterocycles. The van der Waals surface area contributed by atoms with Gasteiger partial charge in [0, 0.05) is 17.6 Å². The van der Waals surface area contributed by atoms with Gasteiger partial charge in [-0.05, 0) is 30.2 Å². The molecule has 1 aromatic carbocycles. The van der Waals surface area contributed by atoms with Gasteiger partial charge in [-0.15, -0.1) is 0 Å². The topological polar surface area (TPSA) is 12.0 Å². The maximum atomic E-state index is 5.86. The maximum Gasteiger partial charge on any atom is 0.0409 e. The Morgan fingerprint density at radius 1 is 1.55 bits per heavy atom. The third-order valence-electron chi connectivity index (χ3n) is 2.17. The van der Waals surface area contributed by atoms with Crippen molar-refractivity contribution in [2.75, 3.05) is 0 Å². The molecule has 0 radical (unpaired) electrons. The number of nitrogens with one attached hydrogen (secondary N) is 1. The summed E-state index contributed by atoms with van der Waals surface area (Å²) < 4.78 is 0. The van der Waals surface area contributed by atoms with Crippen LogP contribution in [0.4, 0.5) is 0 Å². The van der Waals surface area contributed by atoms with Gasteiger partial charge in [0.1, 0.15) is 0 Å². The van der Waals surface area contributed by atoms with E-state index in [4.69, 9.17) is 11.6 Å². The van der Waals surface area contributed by atoms with Gasteiger partial charge in [-0.2, -0.15) is 0 Å². The Labute approximate surface area is 71.4 Å². The van der Waals surface area contributed by atoms with Crippen LogP contribution in [-0.4, -0.2) is 0 Å². The molecular weight excluding hydrogens is 158 g/mol. The van der Waals surface area contributed by atoms with Crippen LogP contribution in [0.2, 0.25) is 5.02 Å². The molecule has 1 unspecified atom stereocenters. The Bertz CT molecular complexity index is 283. The van der Waals surface area contributed by atoms with Crippen molar-refractivity contribution < 1.29 is 0 Å². The highest BCUT2D eigenvalue weighted by molar-refractivity contribution is 6.30. The molecule has 0 saturated heterocycles. The number of halogens is 1. The molecule has 0 amide bonds. The lowest BCUT2D eigenvalue weighted by molar-refractivity contribution is 0.633. The van der Waals surface area contributed by atoms with Crippen molar-refractivity contribution in [2.45, 2.75) is 19.5 Å². The SMILES string of the molecule is CC1NCc2ccc(Cl)cc21. The van der Waals surface area contributed by atoms with Gasteiger partial charge in [0.2, 0.25) is 0 Å². The Hall–Kier alpha value is -0.530. The highest BCUT2D eigenvalue weighted by Gasteiger charge is 2.16. The summed E-state index contributed by atoms with van der Waals surface area (Å²) in [5.41, 5.74) is 2.72. The fourth-order valence-corrected chi connectivity index (χ4v) is 1.68. The van der Waals surface area contributed by atoms with E-state index in [1.165, 1.54) is 11.1 Å². The van der Waals surface area contributed by atoms with E-state index in [1.54, 1.807) is 0 Å².